The van der Waals surface area contributed by atoms with Crippen LogP contribution in [0.2, 0.25) is 0 Å². The van der Waals surface area contributed by atoms with Crippen LogP contribution in [0.4, 0.5) is 5.69 Å². The fraction of sp³-hybridized carbons (Fsp3) is 0.400. The van der Waals surface area contributed by atoms with E-state index in [-0.39, 0.29) is 17.4 Å². The Balaban J connectivity index is 1.87. The molecular weight excluding hydrogens is 214 g/mol. The molecule has 1 aliphatic heterocycles. The van der Waals surface area contributed by atoms with Gasteiger partial charge in [-0.25, -0.2) is 8.42 Å². The molecule has 1 aliphatic rings. The first kappa shape index (κ1) is 10.3. The van der Waals surface area contributed by atoms with Crippen LogP contribution in [0.25, 0.3) is 0 Å². The topological polar surface area (TPSA) is 69.4 Å². The fourth-order valence-corrected chi connectivity index (χ4v) is 3.12. The average molecular weight is 227 g/mol. The maximum atomic E-state index is 10.9. The number of hydrogen-bond acceptors (Lipinski definition) is 4. The van der Waals surface area contributed by atoms with E-state index >= 15 is 0 Å². The summed E-state index contributed by atoms with van der Waals surface area (Å²) in [5.41, 5.74) is 6.26. The second-order valence-corrected chi connectivity index (χ2v) is 5.95. The molecule has 4 nitrogen and oxygen atoms in total. The molecule has 0 saturated carbocycles. The summed E-state index contributed by atoms with van der Waals surface area (Å²) in [4.78, 5) is 0. The number of hydrogen-bond donors (Lipinski definition) is 1. The summed E-state index contributed by atoms with van der Waals surface area (Å²) in [6, 6.07) is 7.20. The van der Waals surface area contributed by atoms with E-state index in [0.717, 1.165) is 0 Å². The van der Waals surface area contributed by atoms with Gasteiger partial charge in [0.1, 0.15) is 5.75 Å². The first-order valence-corrected chi connectivity index (χ1v) is 6.57. The zero-order valence-corrected chi connectivity index (χ0v) is 9.03. The van der Waals surface area contributed by atoms with Crippen molar-refractivity contribution < 1.29 is 13.2 Å². The molecule has 82 valence electrons. The zero-order valence-electron chi connectivity index (χ0n) is 8.22. The predicted octanol–water partition coefficient (Wildman–Crippen LogP) is 0.692. The minimum Gasteiger partial charge on any atom is -0.491 e. The van der Waals surface area contributed by atoms with Crippen LogP contribution >= 0.6 is 0 Å². The molecule has 5 heteroatoms. The molecule has 2 N–H and O–H groups in total. The van der Waals surface area contributed by atoms with Crippen molar-refractivity contribution in [3.63, 3.8) is 0 Å². The number of anilines is 1. The number of nitrogens with two attached hydrogens (primary N) is 1. The van der Waals surface area contributed by atoms with Crippen molar-refractivity contribution in [3.05, 3.63) is 24.3 Å². The summed E-state index contributed by atoms with van der Waals surface area (Å²) >= 11 is 0. The summed E-state index contributed by atoms with van der Waals surface area (Å²) in [7, 11) is -2.76. The zero-order chi connectivity index (χ0) is 10.9. The summed E-state index contributed by atoms with van der Waals surface area (Å²) in [5, 5.41) is 0. The van der Waals surface area contributed by atoms with Gasteiger partial charge in [-0.2, -0.15) is 0 Å². The lowest BCUT2D eigenvalue weighted by Crippen LogP contribution is -2.39. The molecule has 1 aromatic rings. The SMILES string of the molecule is Nc1ccccc1OCC1CS(=O)(=O)C1. The molecule has 0 unspecified atom stereocenters. The normalized spacial score (nSPS) is 19.5. The summed E-state index contributed by atoms with van der Waals surface area (Å²) in [6.45, 7) is 0.424. The van der Waals surface area contributed by atoms with Gasteiger partial charge >= 0.3 is 0 Å². The highest BCUT2D eigenvalue weighted by atomic mass is 32.2. The van der Waals surface area contributed by atoms with Gasteiger partial charge in [0.05, 0.1) is 23.8 Å². The standard InChI is InChI=1S/C10H13NO3S/c11-9-3-1-2-4-10(9)14-5-8-6-15(12,13)7-8/h1-4,8H,5-7,11H2. The van der Waals surface area contributed by atoms with E-state index < -0.39 is 9.84 Å². The molecule has 1 fully saturated rings. The number of nitrogen functional groups attached to an aromatic ring is 1. The molecule has 0 spiro atoms. The van der Waals surface area contributed by atoms with Crippen molar-refractivity contribution in [2.24, 2.45) is 5.92 Å². The minimum atomic E-state index is -2.76. The van der Waals surface area contributed by atoms with E-state index in [4.69, 9.17) is 10.5 Å². The van der Waals surface area contributed by atoms with Crippen LogP contribution in [0.1, 0.15) is 0 Å². The molecule has 15 heavy (non-hydrogen) atoms. The summed E-state index contributed by atoms with van der Waals surface area (Å²) in [6.07, 6.45) is 0. The fourth-order valence-electron chi connectivity index (χ4n) is 1.59. The van der Waals surface area contributed by atoms with E-state index in [9.17, 15) is 8.42 Å². The van der Waals surface area contributed by atoms with Crippen LogP contribution in [0.3, 0.4) is 0 Å². The van der Waals surface area contributed by atoms with Crippen LogP contribution in [-0.2, 0) is 9.84 Å². The lowest BCUT2D eigenvalue weighted by atomic mass is 10.2. The predicted molar refractivity (Wildman–Crippen MR) is 58.5 cm³/mol. The van der Waals surface area contributed by atoms with E-state index in [1.807, 2.05) is 12.1 Å². The van der Waals surface area contributed by atoms with Crippen LogP contribution in [0.5, 0.6) is 5.75 Å². The van der Waals surface area contributed by atoms with Crippen LogP contribution in [0.15, 0.2) is 24.3 Å². The molecule has 0 atom stereocenters. The number of ether oxygens (including phenoxy) is 1. The molecule has 1 heterocycles. The van der Waals surface area contributed by atoms with Gasteiger partial charge in [0, 0.05) is 5.92 Å². The van der Waals surface area contributed by atoms with Gasteiger partial charge in [-0.05, 0) is 12.1 Å². The van der Waals surface area contributed by atoms with Gasteiger partial charge in [-0.1, -0.05) is 12.1 Å². The molecule has 1 aromatic carbocycles. The molecule has 0 aromatic heterocycles. The molecule has 0 radical (unpaired) electrons. The van der Waals surface area contributed by atoms with Gasteiger partial charge in [-0.3, -0.25) is 0 Å². The van der Waals surface area contributed by atoms with Crippen molar-refractivity contribution in [2.75, 3.05) is 23.8 Å². The minimum absolute atomic E-state index is 0.120. The van der Waals surface area contributed by atoms with Gasteiger partial charge in [-0.15, -0.1) is 0 Å². The third-order valence-electron chi connectivity index (χ3n) is 2.37. The lowest BCUT2D eigenvalue weighted by Gasteiger charge is -2.25. The number of rotatable bonds is 3. The first-order valence-electron chi connectivity index (χ1n) is 4.74. The Labute approximate surface area is 89.0 Å². The molecular formula is C10H13NO3S. The number of benzene rings is 1. The monoisotopic (exact) mass is 227 g/mol. The third kappa shape index (κ3) is 2.41. The Bertz CT molecular complexity index is 443. The van der Waals surface area contributed by atoms with Crippen molar-refractivity contribution in [1.29, 1.82) is 0 Å². The highest BCUT2D eigenvalue weighted by molar-refractivity contribution is 7.92. The van der Waals surface area contributed by atoms with Gasteiger partial charge in [0.15, 0.2) is 9.84 Å². The van der Waals surface area contributed by atoms with Gasteiger partial charge < -0.3 is 10.5 Å². The first-order chi connectivity index (χ1) is 7.07. The molecule has 2 rings (SSSR count). The van der Waals surface area contributed by atoms with E-state index in [1.165, 1.54) is 0 Å². The molecule has 1 saturated heterocycles. The molecule has 0 amide bonds. The highest BCUT2D eigenvalue weighted by Gasteiger charge is 2.33. The Hall–Kier alpha value is -1.23. The Morgan fingerprint density at radius 1 is 1.33 bits per heavy atom. The summed E-state index contributed by atoms with van der Waals surface area (Å²) < 4.78 is 27.2. The van der Waals surface area contributed by atoms with Crippen molar-refractivity contribution in [3.8, 4) is 5.75 Å². The number of para-hydroxylation sites is 2. The second-order valence-electron chi connectivity index (χ2n) is 3.79. The number of sulfone groups is 1. The van der Waals surface area contributed by atoms with Crippen molar-refractivity contribution in [1.82, 2.24) is 0 Å². The smallest absolute Gasteiger partial charge is 0.151 e. The van der Waals surface area contributed by atoms with Crippen LogP contribution < -0.4 is 10.5 Å². The largest absolute Gasteiger partial charge is 0.491 e. The summed E-state index contributed by atoms with van der Waals surface area (Å²) in [5.74, 6) is 1.22. The third-order valence-corrected chi connectivity index (χ3v) is 4.33. The van der Waals surface area contributed by atoms with Crippen LogP contribution in [0, 0.1) is 5.92 Å². The van der Waals surface area contributed by atoms with Crippen LogP contribution in [-0.4, -0.2) is 26.5 Å². The molecule has 0 aliphatic carbocycles. The van der Waals surface area contributed by atoms with Crippen molar-refractivity contribution in [2.45, 2.75) is 0 Å². The lowest BCUT2D eigenvalue weighted by molar-refractivity contribution is 0.265. The molecule has 0 bridgehead atoms. The van der Waals surface area contributed by atoms with Gasteiger partial charge in [0.2, 0.25) is 0 Å². The van der Waals surface area contributed by atoms with E-state index in [2.05, 4.69) is 0 Å². The Morgan fingerprint density at radius 3 is 2.60 bits per heavy atom. The second kappa shape index (κ2) is 3.73. The van der Waals surface area contributed by atoms with E-state index in [1.54, 1.807) is 12.1 Å². The Kier molecular flexibility index (Phi) is 2.56. The average Bonchev–Trinajstić information content (AvgIpc) is 2.13. The maximum absolute atomic E-state index is 10.9. The van der Waals surface area contributed by atoms with Gasteiger partial charge in [0.25, 0.3) is 0 Å². The highest BCUT2D eigenvalue weighted by Crippen LogP contribution is 2.23. The van der Waals surface area contributed by atoms with E-state index in [0.29, 0.717) is 18.0 Å². The quantitative estimate of drug-likeness (QED) is 0.771. The Morgan fingerprint density at radius 2 is 2.00 bits per heavy atom. The van der Waals surface area contributed by atoms with Crippen molar-refractivity contribution >= 4 is 15.5 Å². The maximum Gasteiger partial charge on any atom is 0.151 e.